The van der Waals surface area contributed by atoms with E-state index in [0.29, 0.717) is 19.6 Å². The second-order valence-electron chi connectivity index (χ2n) is 4.33. The van der Waals surface area contributed by atoms with Crippen LogP contribution in [-0.4, -0.2) is 41.6 Å². The largest absolute Gasteiger partial charge is 0.389 e. The van der Waals surface area contributed by atoms with Gasteiger partial charge < -0.3 is 20.8 Å². The van der Waals surface area contributed by atoms with Crippen LogP contribution in [0.3, 0.4) is 0 Å². The highest BCUT2D eigenvalue weighted by Crippen LogP contribution is 2.07. The van der Waals surface area contributed by atoms with Gasteiger partial charge in [0.2, 0.25) is 0 Å². The van der Waals surface area contributed by atoms with Gasteiger partial charge in [-0.1, -0.05) is 12.1 Å². The summed E-state index contributed by atoms with van der Waals surface area (Å²) in [6.45, 7) is 1.49. The van der Waals surface area contributed by atoms with Crippen LogP contribution in [0.5, 0.6) is 0 Å². The fourth-order valence-electron chi connectivity index (χ4n) is 1.99. The Bertz CT molecular complexity index is 375. The normalized spacial score (nSPS) is 28.5. The molecule has 1 aliphatic heterocycles. The number of β-amino-alcohol motifs (C(OH)–C–C–N with tert-alkyl or cyclic N) is 1. The molecule has 0 unspecified atom stereocenters. The monoisotopic (exact) mass is 240 g/mol. The van der Waals surface area contributed by atoms with Crippen LogP contribution < -0.4 is 10.6 Å². The van der Waals surface area contributed by atoms with Crippen molar-refractivity contribution in [3.8, 4) is 0 Å². The van der Waals surface area contributed by atoms with Gasteiger partial charge in [0.1, 0.15) is 5.82 Å². The van der Waals surface area contributed by atoms with Crippen LogP contribution in [0.25, 0.3) is 0 Å². The Morgan fingerprint density at radius 1 is 1.41 bits per heavy atom. The van der Waals surface area contributed by atoms with E-state index in [0.717, 1.165) is 5.56 Å². The molecule has 5 heteroatoms. The van der Waals surface area contributed by atoms with E-state index in [1.165, 1.54) is 12.1 Å². The van der Waals surface area contributed by atoms with E-state index >= 15 is 0 Å². The highest BCUT2D eigenvalue weighted by molar-refractivity contribution is 5.16. The molecule has 0 radical (unpaired) electrons. The predicted molar refractivity (Wildman–Crippen MR) is 61.9 cm³/mol. The Labute approximate surface area is 99.5 Å². The van der Waals surface area contributed by atoms with E-state index in [2.05, 4.69) is 10.6 Å². The molecule has 0 aliphatic carbocycles. The standard InChI is InChI=1S/C12H17FN2O2/c13-9-3-1-2-8(4-9)5-14-6-10-12(17)11(16)7-15-10/h1-4,10-12,14-17H,5-7H2/t10-,11+,12-/m1/s1. The lowest BCUT2D eigenvalue weighted by atomic mass is 10.1. The first-order valence-electron chi connectivity index (χ1n) is 5.71. The van der Waals surface area contributed by atoms with Crippen molar-refractivity contribution < 1.29 is 14.6 Å². The number of aliphatic hydroxyl groups is 2. The second-order valence-corrected chi connectivity index (χ2v) is 4.33. The number of benzene rings is 1. The molecule has 0 spiro atoms. The smallest absolute Gasteiger partial charge is 0.123 e. The number of rotatable bonds is 4. The molecule has 1 saturated heterocycles. The summed E-state index contributed by atoms with van der Waals surface area (Å²) in [7, 11) is 0. The Morgan fingerprint density at radius 3 is 2.88 bits per heavy atom. The van der Waals surface area contributed by atoms with Crippen LogP contribution >= 0.6 is 0 Å². The van der Waals surface area contributed by atoms with E-state index in [4.69, 9.17) is 0 Å². The molecule has 1 fully saturated rings. The van der Waals surface area contributed by atoms with Gasteiger partial charge in [0.15, 0.2) is 0 Å². The topological polar surface area (TPSA) is 64.5 Å². The third-order valence-corrected chi connectivity index (χ3v) is 2.98. The molecule has 0 amide bonds. The van der Waals surface area contributed by atoms with E-state index < -0.39 is 12.2 Å². The molecule has 0 aromatic heterocycles. The molecule has 17 heavy (non-hydrogen) atoms. The van der Waals surface area contributed by atoms with Gasteiger partial charge in [-0.05, 0) is 17.7 Å². The fraction of sp³-hybridized carbons (Fsp3) is 0.500. The Kier molecular flexibility index (Phi) is 4.06. The zero-order chi connectivity index (χ0) is 12.3. The summed E-state index contributed by atoms with van der Waals surface area (Å²) >= 11 is 0. The molecular weight excluding hydrogens is 223 g/mol. The van der Waals surface area contributed by atoms with Gasteiger partial charge in [0, 0.05) is 25.7 Å². The molecule has 0 bridgehead atoms. The summed E-state index contributed by atoms with van der Waals surface area (Å²) < 4.78 is 12.9. The zero-order valence-corrected chi connectivity index (χ0v) is 9.44. The van der Waals surface area contributed by atoms with E-state index in [1.807, 2.05) is 6.07 Å². The lowest BCUT2D eigenvalue weighted by molar-refractivity contribution is 0.0407. The SMILES string of the molecule is O[C@H]1[C@@H](O)CN[C@@H]1CNCc1cccc(F)c1. The summed E-state index contributed by atoms with van der Waals surface area (Å²) in [5.74, 6) is -0.251. The molecule has 1 aliphatic rings. The fourth-order valence-corrected chi connectivity index (χ4v) is 1.99. The third kappa shape index (κ3) is 3.23. The van der Waals surface area contributed by atoms with Crippen molar-refractivity contribution >= 4 is 0 Å². The minimum absolute atomic E-state index is 0.154. The van der Waals surface area contributed by atoms with Crippen molar-refractivity contribution in [2.75, 3.05) is 13.1 Å². The summed E-state index contributed by atoms with van der Waals surface area (Å²) in [6, 6.07) is 6.23. The minimum Gasteiger partial charge on any atom is -0.389 e. The molecule has 0 saturated carbocycles. The third-order valence-electron chi connectivity index (χ3n) is 2.98. The summed E-state index contributed by atoms with van der Waals surface area (Å²) in [5.41, 5.74) is 0.859. The Morgan fingerprint density at radius 2 is 2.24 bits per heavy atom. The molecule has 94 valence electrons. The van der Waals surface area contributed by atoms with Gasteiger partial charge in [-0.2, -0.15) is 0 Å². The van der Waals surface area contributed by atoms with Gasteiger partial charge in [0.25, 0.3) is 0 Å². The van der Waals surface area contributed by atoms with Gasteiger partial charge in [0.05, 0.1) is 12.2 Å². The zero-order valence-electron chi connectivity index (χ0n) is 9.44. The van der Waals surface area contributed by atoms with Gasteiger partial charge >= 0.3 is 0 Å². The number of halogens is 1. The van der Waals surface area contributed by atoms with Crippen molar-refractivity contribution in [1.82, 2.24) is 10.6 Å². The first-order chi connectivity index (χ1) is 8.16. The van der Waals surface area contributed by atoms with Crippen LogP contribution in [0.15, 0.2) is 24.3 Å². The van der Waals surface area contributed by atoms with Crippen molar-refractivity contribution in [2.45, 2.75) is 24.8 Å². The average Bonchev–Trinajstić information content (AvgIpc) is 2.61. The molecule has 1 aromatic carbocycles. The maximum atomic E-state index is 12.9. The maximum absolute atomic E-state index is 12.9. The van der Waals surface area contributed by atoms with Crippen molar-refractivity contribution in [2.24, 2.45) is 0 Å². The van der Waals surface area contributed by atoms with Crippen LogP contribution in [0, 0.1) is 5.82 Å². The first kappa shape index (κ1) is 12.4. The Hall–Kier alpha value is -1.01. The summed E-state index contributed by atoms with van der Waals surface area (Å²) in [5, 5.41) is 25.1. The predicted octanol–water partition coefficient (Wildman–Crippen LogP) is -0.391. The maximum Gasteiger partial charge on any atom is 0.123 e. The van der Waals surface area contributed by atoms with Crippen molar-refractivity contribution in [3.05, 3.63) is 35.6 Å². The lowest BCUT2D eigenvalue weighted by Crippen LogP contribution is -2.41. The highest BCUT2D eigenvalue weighted by Gasteiger charge is 2.32. The summed E-state index contributed by atoms with van der Waals surface area (Å²) in [4.78, 5) is 0. The number of hydrogen-bond donors (Lipinski definition) is 4. The molecule has 4 nitrogen and oxygen atoms in total. The molecule has 2 rings (SSSR count). The van der Waals surface area contributed by atoms with Crippen molar-refractivity contribution in [1.29, 1.82) is 0 Å². The molecule has 4 N–H and O–H groups in total. The minimum atomic E-state index is -0.741. The van der Waals surface area contributed by atoms with E-state index in [1.54, 1.807) is 6.07 Å². The average molecular weight is 240 g/mol. The first-order valence-corrected chi connectivity index (χ1v) is 5.71. The summed E-state index contributed by atoms with van der Waals surface area (Å²) in [6.07, 6.45) is -1.44. The number of nitrogens with one attached hydrogen (secondary N) is 2. The van der Waals surface area contributed by atoms with Gasteiger partial charge in [-0.25, -0.2) is 4.39 Å². The lowest BCUT2D eigenvalue weighted by Gasteiger charge is -2.16. The molecule has 3 atom stereocenters. The van der Waals surface area contributed by atoms with Gasteiger partial charge in [-0.15, -0.1) is 0 Å². The van der Waals surface area contributed by atoms with Crippen LogP contribution in [0.2, 0.25) is 0 Å². The van der Waals surface area contributed by atoms with Crippen LogP contribution in [-0.2, 0) is 6.54 Å². The second kappa shape index (κ2) is 5.55. The highest BCUT2D eigenvalue weighted by atomic mass is 19.1. The molecular formula is C12H17FN2O2. The number of aliphatic hydroxyl groups excluding tert-OH is 2. The Balaban J connectivity index is 1.76. The quantitative estimate of drug-likeness (QED) is 0.579. The molecule has 1 aromatic rings. The van der Waals surface area contributed by atoms with Crippen molar-refractivity contribution in [3.63, 3.8) is 0 Å². The van der Waals surface area contributed by atoms with E-state index in [-0.39, 0.29) is 11.9 Å². The van der Waals surface area contributed by atoms with Gasteiger partial charge in [-0.3, -0.25) is 0 Å². The number of hydrogen-bond acceptors (Lipinski definition) is 4. The molecule has 1 heterocycles. The van der Waals surface area contributed by atoms with E-state index in [9.17, 15) is 14.6 Å². The van der Waals surface area contributed by atoms with Crippen LogP contribution in [0.4, 0.5) is 4.39 Å². The van der Waals surface area contributed by atoms with Crippen LogP contribution in [0.1, 0.15) is 5.56 Å².